The number of nitrogens with two attached hydrogens (primary N) is 1. The molecule has 0 saturated carbocycles. The molecule has 0 fully saturated rings. The molecule has 4 nitrogen and oxygen atoms in total. The average Bonchev–Trinajstić information content (AvgIpc) is 2.47. The Kier molecular flexibility index (Phi) is 4.27. The number of hydrogen-bond donors (Lipinski definition) is 1. The van der Waals surface area contributed by atoms with Crippen LogP contribution in [0.15, 0.2) is 42.5 Å². The largest absolute Gasteiger partial charge is 0.485 e. The average molecular weight is 291 g/mol. The van der Waals surface area contributed by atoms with Gasteiger partial charge in [-0.2, -0.15) is 0 Å². The van der Waals surface area contributed by atoms with E-state index in [2.05, 4.69) is 0 Å². The molecule has 0 heterocycles. The Morgan fingerprint density at radius 1 is 1.05 bits per heavy atom. The molecule has 0 atom stereocenters. The van der Waals surface area contributed by atoms with Crippen molar-refractivity contribution in [2.75, 3.05) is 6.61 Å². The first-order valence-electron chi connectivity index (χ1n) is 5.98. The number of benzene rings is 2. The van der Waals surface area contributed by atoms with Gasteiger partial charge in [0.15, 0.2) is 6.61 Å². The van der Waals surface area contributed by atoms with Crippen LogP contribution < -0.4 is 10.5 Å². The van der Waals surface area contributed by atoms with Gasteiger partial charge in [0.2, 0.25) is 11.7 Å². The predicted octanol–water partition coefficient (Wildman–Crippen LogP) is 2.33. The summed E-state index contributed by atoms with van der Waals surface area (Å²) in [5.41, 5.74) is 5.01. The van der Waals surface area contributed by atoms with Crippen molar-refractivity contribution in [1.82, 2.24) is 0 Å². The second-order valence-corrected chi connectivity index (χ2v) is 4.22. The highest BCUT2D eigenvalue weighted by Crippen LogP contribution is 2.14. The topological polar surface area (TPSA) is 69.4 Å². The van der Waals surface area contributed by atoms with E-state index in [1.165, 1.54) is 24.3 Å². The number of ether oxygens (including phenoxy) is 1. The van der Waals surface area contributed by atoms with Crippen LogP contribution in [0.2, 0.25) is 0 Å². The number of ketones is 1. The zero-order chi connectivity index (χ0) is 15.4. The lowest BCUT2D eigenvalue weighted by Crippen LogP contribution is -2.14. The summed E-state index contributed by atoms with van der Waals surface area (Å²) in [5.74, 6) is -2.48. The van der Waals surface area contributed by atoms with E-state index in [1.54, 1.807) is 0 Å². The highest BCUT2D eigenvalue weighted by molar-refractivity contribution is 5.97. The maximum atomic E-state index is 13.4. The Balaban J connectivity index is 2.04. The summed E-state index contributed by atoms with van der Waals surface area (Å²) in [4.78, 5) is 22.6. The summed E-state index contributed by atoms with van der Waals surface area (Å²) in [6.45, 7) is -0.448. The minimum Gasteiger partial charge on any atom is -0.485 e. The number of carbonyl (C=O) groups is 2. The third-order valence-corrected chi connectivity index (χ3v) is 2.74. The van der Waals surface area contributed by atoms with Crippen molar-refractivity contribution in [3.63, 3.8) is 0 Å². The number of hydrogen-bond acceptors (Lipinski definition) is 3. The van der Waals surface area contributed by atoms with E-state index in [0.717, 1.165) is 18.2 Å². The summed E-state index contributed by atoms with van der Waals surface area (Å²) < 4.78 is 31.5. The van der Waals surface area contributed by atoms with Crippen LogP contribution >= 0.6 is 0 Å². The first kappa shape index (κ1) is 14.6. The SMILES string of the molecule is NC(=O)c1ccc(OCC(=O)c2cc(F)ccc2F)cc1. The number of primary amides is 1. The van der Waals surface area contributed by atoms with Crippen LogP contribution in [0.25, 0.3) is 0 Å². The second kappa shape index (κ2) is 6.13. The zero-order valence-corrected chi connectivity index (χ0v) is 10.8. The van der Waals surface area contributed by atoms with Crippen LogP contribution in [0.3, 0.4) is 0 Å². The van der Waals surface area contributed by atoms with Gasteiger partial charge in [0.05, 0.1) is 5.56 Å². The zero-order valence-electron chi connectivity index (χ0n) is 10.8. The molecule has 2 aromatic rings. The molecule has 0 aliphatic carbocycles. The fourth-order valence-electron chi connectivity index (χ4n) is 1.65. The van der Waals surface area contributed by atoms with E-state index in [9.17, 15) is 18.4 Å². The van der Waals surface area contributed by atoms with Gasteiger partial charge < -0.3 is 10.5 Å². The Labute approximate surface area is 119 Å². The van der Waals surface area contributed by atoms with Crippen LogP contribution in [0, 0.1) is 11.6 Å². The third kappa shape index (κ3) is 3.62. The van der Waals surface area contributed by atoms with Crippen LogP contribution in [0.1, 0.15) is 20.7 Å². The molecule has 2 rings (SSSR count). The van der Waals surface area contributed by atoms with E-state index >= 15 is 0 Å². The molecule has 6 heteroatoms. The fraction of sp³-hybridized carbons (Fsp3) is 0.0667. The quantitative estimate of drug-likeness (QED) is 0.859. The number of halogens is 2. The third-order valence-electron chi connectivity index (χ3n) is 2.74. The number of Topliss-reactive ketones (excluding diaryl/α,β-unsaturated/α-hetero) is 1. The molecule has 0 saturated heterocycles. The number of rotatable bonds is 5. The molecule has 2 aromatic carbocycles. The minimum absolute atomic E-state index is 0.296. The van der Waals surface area contributed by atoms with E-state index in [4.69, 9.17) is 10.5 Å². The minimum atomic E-state index is -0.811. The first-order chi connectivity index (χ1) is 9.97. The molecule has 0 spiro atoms. The fourth-order valence-corrected chi connectivity index (χ4v) is 1.65. The molecule has 108 valence electrons. The molecule has 0 aromatic heterocycles. The predicted molar refractivity (Wildman–Crippen MR) is 71.1 cm³/mol. The van der Waals surface area contributed by atoms with Gasteiger partial charge in [0, 0.05) is 5.56 Å². The van der Waals surface area contributed by atoms with E-state index in [0.29, 0.717) is 11.3 Å². The van der Waals surface area contributed by atoms with Gasteiger partial charge in [-0.1, -0.05) is 0 Å². The van der Waals surface area contributed by atoms with Gasteiger partial charge in [-0.15, -0.1) is 0 Å². The molecule has 21 heavy (non-hydrogen) atoms. The summed E-state index contributed by atoms with van der Waals surface area (Å²) in [6.07, 6.45) is 0. The van der Waals surface area contributed by atoms with Gasteiger partial charge in [-0.3, -0.25) is 9.59 Å². The van der Waals surface area contributed by atoms with Crippen LogP contribution in [-0.4, -0.2) is 18.3 Å². The highest BCUT2D eigenvalue weighted by Gasteiger charge is 2.13. The standard InChI is InChI=1S/C15H11F2NO3/c16-10-3-6-13(17)12(7-10)14(19)8-21-11-4-1-9(2-5-11)15(18)20/h1-7H,8H2,(H2,18,20). The Hall–Kier alpha value is -2.76. The van der Waals surface area contributed by atoms with E-state index in [-0.39, 0.29) is 5.56 Å². The van der Waals surface area contributed by atoms with E-state index in [1.807, 2.05) is 0 Å². The normalized spacial score (nSPS) is 10.2. The van der Waals surface area contributed by atoms with Crippen LogP contribution in [0.4, 0.5) is 8.78 Å². The Morgan fingerprint density at radius 2 is 1.71 bits per heavy atom. The van der Waals surface area contributed by atoms with Crippen molar-refractivity contribution < 1.29 is 23.1 Å². The van der Waals surface area contributed by atoms with Crippen LogP contribution in [0.5, 0.6) is 5.75 Å². The van der Waals surface area contributed by atoms with Gasteiger partial charge in [-0.05, 0) is 42.5 Å². The molecule has 0 unspecified atom stereocenters. The smallest absolute Gasteiger partial charge is 0.248 e. The van der Waals surface area contributed by atoms with Crippen molar-refractivity contribution in [2.45, 2.75) is 0 Å². The summed E-state index contributed by atoms with van der Waals surface area (Å²) in [7, 11) is 0. The van der Waals surface area contributed by atoms with Crippen LogP contribution in [-0.2, 0) is 0 Å². The molecule has 0 radical (unpaired) electrons. The molecule has 1 amide bonds. The Morgan fingerprint density at radius 3 is 2.33 bits per heavy atom. The maximum Gasteiger partial charge on any atom is 0.248 e. The molecular weight excluding hydrogens is 280 g/mol. The summed E-state index contributed by atoms with van der Waals surface area (Å²) >= 11 is 0. The molecule has 0 aliphatic rings. The van der Waals surface area contributed by atoms with Gasteiger partial charge >= 0.3 is 0 Å². The van der Waals surface area contributed by atoms with Gasteiger partial charge in [0.1, 0.15) is 17.4 Å². The monoisotopic (exact) mass is 291 g/mol. The molecule has 2 N–H and O–H groups in total. The van der Waals surface area contributed by atoms with E-state index < -0.39 is 29.9 Å². The molecule has 0 aliphatic heterocycles. The lowest BCUT2D eigenvalue weighted by molar-refractivity contribution is 0.0915. The van der Waals surface area contributed by atoms with Crippen molar-refractivity contribution in [1.29, 1.82) is 0 Å². The Bertz CT molecular complexity index is 684. The summed E-state index contributed by atoms with van der Waals surface area (Å²) in [6, 6.07) is 8.40. The highest BCUT2D eigenvalue weighted by atomic mass is 19.1. The second-order valence-electron chi connectivity index (χ2n) is 4.22. The van der Waals surface area contributed by atoms with Gasteiger partial charge in [0.25, 0.3) is 0 Å². The molecular formula is C15H11F2NO3. The first-order valence-corrected chi connectivity index (χ1v) is 5.98. The van der Waals surface area contributed by atoms with Crippen molar-refractivity contribution in [3.8, 4) is 5.75 Å². The van der Waals surface area contributed by atoms with Crippen molar-refractivity contribution in [2.24, 2.45) is 5.73 Å². The van der Waals surface area contributed by atoms with Crippen molar-refractivity contribution in [3.05, 3.63) is 65.2 Å². The lowest BCUT2D eigenvalue weighted by atomic mass is 10.1. The van der Waals surface area contributed by atoms with Crippen molar-refractivity contribution >= 4 is 11.7 Å². The number of amides is 1. The van der Waals surface area contributed by atoms with Gasteiger partial charge in [-0.25, -0.2) is 8.78 Å². The number of carbonyl (C=O) groups excluding carboxylic acids is 2. The lowest BCUT2D eigenvalue weighted by Gasteiger charge is -2.07. The summed E-state index contributed by atoms with van der Waals surface area (Å²) in [5, 5.41) is 0. The molecule has 0 bridgehead atoms. The maximum absolute atomic E-state index is 13.4.